The van der Waals surface area contributed by atoms with Crippen LogP contribution in [0.15, 0.2) is 17.9 Å². The summed E-state index contributed by atoms with van der Waals surface area (Å²) in [4.78, 5) is 19.8. The zero-order chi connectivity index (χ0) is 21.5. The maximum absolute atomic E-state index is 13.6. The lowest BCUT2D eigenvalue weighted by Crippen LogP contribution is -2.54. The third-order valence-electron chi connectivity index (χ3n) is 7.12. The first-order valence-electron chi connectivity index (χ1n) is 11.3. The summed E-state index contributed by atoms with van der Waals surface area (Å²) in [7, 11) is 0. The van der Waals surface area contributed by atoms with Crippen molar-refractivity contribution >= 4 is 11.5 Å². The van der Waals surface area contributed by atoms with Crippen molar-refractivity contribution in [3.63, 3.8) is 0 Å². The van der Waals surface area contributed by atoms with Crippen molar-refractivity contribution in [3.05, 3.63) is 40.1 Å². The van der Waals surface area contributed by atoms with E-state index < -0.39 is 5.54 Å². The topological polar surface area (TPSA) is 73.2 Å². The first-order valence-corrected chi connectivity index (χ1v) is 11.3. The molecule has 2 aliphatic heterocycles. The van der Waals surface area contributed by atoms with Crippen molar-refractivity contribution in [3.8, 4) is 0 Å². The van der Waals surface area contributed by atoms with Crippen molar-refractivity contribution in [1.82, 2.24) is 10.1 Å². The molecule has 30 heavy (non-hydrogen) atoms. The Morgan fingerprint density at radius 3 is 2.27 bits per heavy atom. The Labute approximate surface area is 179 Å². The summed E-state index contributed by atoms with van der Waals surface area (Å²) in [6, 6.07) is 4.09. The largest absolute Gasteiger partial charge is 0.509 e. The molecule has 2 fully saturated rings. The van der Waals surface area contributed by atoms with Gasteiger partial charge in [0.15, 0.2) is 0 Å². The van der Waals surface area contributed by atoms with Crippen LogP contribution in [0.4, 0.5) is 0 Å². The molecule has 3 aliphatic rings. The van der Waals surface area contributed by atoms with Crippen molar-refractivity contribution in [2.24, 2.45) is 5.92 Å². The quantitative estimate of drug-likeness (QED) is 0.761. The average molecular weight is 415 g/mol. The molecule has 0 radical (unpaired) electrons. The van der Waals surface area contributed by atoms with Crippen LogP contribution in [0.1, 0.15) is 67.2 Å². The molecule has 0 aromatic heterocycles. The lowest BCUT2D eigenvalue weighted by molar-refractivity contribution is -0.233. The van der Waals surface area contributed by atoms with Crippen LogP contribution in [0.3, 0.4) is 0 Å². The summed E-state index contributed by atoms with van der Waals surface area (Å²) in [6.07, 6.45) is 6.84. The molecule has 0 unspecified atom stereocenters. The van der Waals surface area contributed by atoms with Crippen LogP contribution in [-0.4, -0.2) is 51.6 Å². The molecule has 4 rings (SSSR count). The van der Waals surface area contributed by atoms with Crippen LogP contribution < -0.4 is 0 Å². The van der Waals surface area contributed by atoms with Crippen molar-refractivity contribution in [2.75, 3.05) is 19.7 Å². The van der Waals surface area contributed by atoms with Gasteiger partial charge in [0.2, 0.25) is 0 Å². The van der Waals surface area contributed by atoms with Crippen molar-refractivity contribution in [1.29, 1.82) is 0 Å². The molecular formula is C24H34N2O4. The molecule has 1 aromatic rings. The fourth-order valence-corrected chi connectivity index (χ4v) is 5.55. The minimum absolute atomic E-state index is 0.0966. The number of benzene rings is 1. The van der Waals surface area contributed by atoms with Gasteiger partial charge in [0.25, 0.3) is 5.91 Å². The Bertz CT molecular complexity index is 826. The number of hydrogen-bond acceptors (Lipinski definition) is 5. The molecule has 1 saturated carbocycles. The van der Waals surface area contributed by atoms with Gasteiger partial charge in [-0.3, -0.25) is 9.63 Å². The summed E-state index contributed by atoms with van der Waals surface area (Å²) in [5.41, 5.74) is 3.35. The standard InChI is InChI=1S/C24H34N2O4/c1-16-13-17(2)20(18(3)14-16)21-22(27)24(9-11-25(29)12-10-24)26(23(21)28)30-15-19-7-5-4-6-8-19/h13-14,19,27,29H,4-12,15H2,1-3H3. The molecule has 1 aliphatic carbocycles. The molecule has 2 heterocycles. The highest BCUT2D eigenvalue weighted by molar-refractivity contribution is 6.23. The van der Waals surface area contributed by atoms with Gasteiger partial charge in [-0.2, -0.15) is 5.06 Å². The molecule has 1 spiro atoms. The number of hydroxylamine groups is 4. The molecule has 1 amide bonds. The minimum Gasteiger partial charge on any atom is -0.509 e. The molecule has 1 aromatic carbocycles. The third kappa shape index (κ3) is 3.66. The Morgan fingerprint density at radius 2 is 1.67 bits per heavy atom. The highest BCUT2D eigenvalue weighted by Gasteiger charge is 2.55. The number of carbonyl (C=O) groups excluding carboxylic acids is 1. The lowest BCUT2D eigenvalue weighted by atomic mass is 9.85. The van der Waals surface area contributed by atoms with E-state index in [0.29, 0.717) is 44.0 Å². The van der Waals surface area contributed by atoms with Crippen LogP contribution in [0.2, 0.25) is 0 Å². The number of aliphatic hydroxyl groups is 1. The van der Waals surface area contributed by atoms with Gasteiger partial charge in [0, 0.05) is 13.1 Å². The average Bonchev–Trinajstić information content (AvgIpc) is 2.90. The maximum atomic E-state index is 13.6. The minimum atomic E-state index is -0.899. The maximum Gasteiger partial charge on any atom is 0.282 e. The predicted molar refractivity (Wildman–Crippen MR) is 115 cm³/mol. The number of aliphatic hydroxyl groups excluding tert-OH is 1. The van der Waals surface area contributed by atoms with E-state index in [-0.39, 0.29) is 11.7 Å². The Hall–Kier alpha value is -1.89. The molecule has 6 heteroatoms. The highest BCUT2D eigenvalue weighted by Crippen LogP contribution is 2.46. The molecule has 1 saturated heterocycles. The summed E-state index contributed by atoms with van der Waals surface area (Å²) >= 11 is 0. The van der Waals surface area contributed by atoms with Gasteiger partial charge >= 0.3 is 0 Å². The number of carbonyl (C=O) groups is 1. The fourth-order valence-electron chi connectivity index (χ4n) is 5.55. The number of nitrogens with zero attached hydrogens (tertiary/aromatic N) is 2. The second-order valence-corrected chi connectivity index (χ2v) is 9.38. The summed E-state index contributed by atoms with van der Waals surface area (Å²) in [5.74, 6) is 0.291. The number of hydrogen-bond donors (Lipinski definition) is 2. The van der Waals surface area contributed by atoms with Crippen LogP contribution >= 0.6 is 0 Å². The van der Waals surface area contributed by atoms with E-state index in [1.54, 1.807) is 0 Å². The molecule has 164 valence electrons. The fraction of sp³-hybridized carbons (Fsp3) is 0.625. The first-order chi connectivity index (χ1) is 14.3. The third-order valence-corrected chi connectivity index (χ3v) is 7.12. The second-order valence-electron chi connectivity index (χ2n) is 9.38. The molecule has 6 nitrogen and oxygen atoms in total. The zero-order valence-electron chi connectivity index (χ0n) is 18.4. The van der Waals surface area contributed by atoms with E-state index >= 15 is 0 Å². The Balaban J connectivity index is 1.70. The van der Waals surface area contributed by atoms with Crippen LogP contribution in [0, 0.1) is 26.7 Å². The van der Waals surface area contributed by atoms with Gasteiger partial charge in [-0.1, -0.05) is 37.0 Å². The summed E-state index contributed by atoms with van der Waals surface area (Å²) in [5, 5.41) is 24.1. The number of aryl methyl sites for hydroxylation is 3. The molecule has 2 N–H and O–H groups in total. The first kappa shape index (κ1) is 21.3. The van der Waals surface area contributed by atoms with E-state index in [2.05, 4.69) is 0 Å². The molecular weight excluding hydrogens is 380 g/mol. The number of amides is 1. The smallest absolute Gasteiger partial charge is 0.282 e. The Kier molecular flexibility index (Phi) is 5.93. The number of piperidine rings is 1. The van der Waals surface area contributed by atoms with Crippen LogP contribution in [-0.2, 0) is 9.63 Å². The summed E-state index contributed by atoms with van der Waals surface area (Å²) in [6.45, 7) is 7.28. The lowest BCUT2D eigenvalue weighted by Gasteiger charge is -2.42. The van der Waals surface area contributed by atoms with Crippen LogP contribution in [0.25, 0.3) is 5.57 Å². The van der Waals surface area contributed by atoms with Gasteiger partial charge in [0.1, 0.15) is 11.3 Å². The highest BCUT2D eigenvalue weighted by atomic mass is 16.7. The van der Waals surface area contributed by atoms with E-state index in [1.165, 1.54) is 29.4 Å². The number of rotatable bonds is 4. The summed E-state index contributed by atoms with van der Waals surface area (Å²) < 4.78 is 0. The SMILES string of the molecule is Cc1cc(C)c(C2=C(O)C3(CCN(O)CC3)N(OCC3CCCCC3)C2=O)c(C)c1. The van der Waals surface area contributed by atoms with E-state index in [4.69, 9.17) is 4.84 Å². The van der Waals surface area contributed by atoms with Gasteiger partial charge in [-0.05, 0) is 69.1 Å². The Morgan fingerprint density at radius 1 is 1.07 bits per heavy atom. The molecule has 0 atom stereocenters. The van der Waals surface area contributed by atoms with Gasteiger partial charge in [-0.25, -0.2) is 5.06 Å². The van der Waals surface area contributed by atoms with Crippen LogP contribution in [0.5, 0.6) is 0 Å². The molecule has 0 bridgehead atoms. The van der Waals surface area contributed by atoms with Crippen molar-refractivity contribution < 1.29 is 19.9 Å². The van der Waals surface area contributed by atoms with Gasteiger partial charge in [0.05, 0.1) is 12.2 Å². The van der Waals surface area contributed by atoms with Gasteiger partial charge in [-0.15, -0.1) is 0 Å². The van der Waals surface area contributed by atoms with Crippen molar-refractivity contribution in [2.45, 2.75) is 71.3 Å². The van der Waals surface area contributed by atoms with E-state index in [1.807, 2.05) is 32.9 Å². The van der Waals surface area contributed by atoms with Gasteiger partial charge < -0.3 is 10.3 Å². The zero-order valence-corrected chi connectivity index (χ0v) is 18.4. The second kappa shape index (κ2) is 8.33. The predicted octanol–water partition coefficient (Wildman–Crippen LogP) is 4.46. The van der Waals surface area contributed by atoms with E-state index in [0.717, 1.165) is 35.1 Å². The van der Waals surface area contributed by atoms with E-state index in [9.17, 15) is 15.1 Å². The normalized spacial score (nSPS) is 23.1. The monoisotopic (exact) mass is 414 g/mol.